The van der Waals surface area contributed by atoms with Gasteiger partial charge in [0.1, 0.15) is 0 Å². The second-order valence-corrected chi connectivity index (χ2v) is 5.52. The Morgan fingerprint density at radius 3 is 2.50 bits per heavy atom. The summed E-state index contributed by atoms with van der Waals surface area (Å²) in [6, 6.07) is 10.1. The van der Waals surface area contributed by atoms with E-state index in [4.69, 9.17) is 0 Å². The van der Waals surface area contributed by atoms with Crippen molar-refractivity contribution in [1.82, 2.24) is 4.90 Å². The lowest BCUT2D eigenvalue weighted by molar-refractivity contribution is -0.129. The number of thioether (sulfide) groups is 1. The highest BCUT2D eigenvalue weighted by Gasteiger charge is 2.23. The van der Waals surface area contributed by atoms with Crippen molar-refractivity contribution in [2.45, 2.75) is 29.9 Å². The molecule has 1 saturated heterocycles. The van der Waals surface area contributed by atoms with Crippen molar-refractivity contribution in [2.75, 3.05) is 13.1 Å². The predicted octanol–water partition coefficient (Wildman–Crippen LogP) is 2.79. The molecule has 16 heavy (non-hydrogen) atoms. The fourth-order valence-corrected chi connectivity index (χ4v) is 2.92. The maximum atomic E-state index is 12.1. The van der Waals surface area contributed by atoms with Crippen molar-refractivity contribution < 1.29 is 4.79 Å². The molecule has 0 radical (unpaired) electrons. The summed E-state index contributed by atoms with van der Waals surface area (Å²) >= 11 is 1.65. The third-order valence-electron chi connectivity index (χ3n) is 2.82. The van der Waals surface area contributed by atoms with Crippen LogP contribution in [0.1, 0.15) is 19.8 Å². The Bertz CT molecular complexity index is 346. The average Bonchev–Trinajstić information content (AvgIpc) is 2.83. The molecule has 3 heteroatoms. The minimum absolute atomic E-state index is 0.0282. The van der Waals surface area contributed by atoms with Crippen LogP contribution in [0.5, 0.6) is 0 Å². The van der Waals surface area contributed by atoms with Crippen LogP contribution >= 0.6 is 11.8 Å². The second-order valence-electron chi connectivity index (χ2n) is 4.11. The van der Waals surface area contributed by atoms with Crippen LogP contribution in [0.15, 0.2) is 35.2 Å². The van der Waals surface area contributed by atoms with E-state index in [0.717, 1.165) is 25.9 Å². The average molecular weight is 235 g/mol. The molecule has 1 atom stereocenters. The van der Waals surface area contributed by atoms with Crippen molar-refractivity contribution in [3.05, 3.63) is 30.3 Å². The minimum Gasteiger partial charge on any atom is -0.342 e. The van der Waals surface area contributed by atoms with E-state index in [1.54, 1.807) is 11.8 Å². The van der Waals surface area contributed by atoms with Crippen LogP contribution < -0.4 is 0 Å². The molecule has 0 aliphatic carbocycles. The largest absolute Gasteiger partial charge is 0.342 e. The first-order chi connectivity index (χ1) is 7.77. The summed E-state index contributed by atoms with van der Waals surface area (Å²) in [6.45, 7) is 3.88. The highest BCUT2D eigenvalue weighted by atomic mass is 32.2. The topological polar surface area (TPSA) is 20.3 Å². The zero-order valence-corrected chi connectivity index (χ0v) is 10.4. The molecule has 1 heterocycles. The van der Waals surface area contributed by atoms with E-state index in [1.807, 2.05) is 30.0 Å². The summed E-state index contributed by atoms with van der Waals surface area (Å²) in [6.07, 6.45) is 2.32. The van der Waals surface area contributed by atoms with E-state index in [1.165, 1.54) is 4.90 Å². The van der Waals surface area contributed by atoms with Crippen molar-refractivity contribution in [2.24, 2.45) is 0 Å². The Kier molecular flexibility index (Phi) is 3.88. The monoisotopic (exact) mass is 235 g/mol. The molecular formula is C13H17NOS. The van der Waals surface area contributed by atoms with Gasteiger partial charge in [-0.25, -0.2) is 0 Å². The van der Waals surface area contributed by atoms with Crippen molar-refractivity contribution >= 4 is 17.7 Å². The van der Waals surface area contributed by atoms with Crippen molar-refractivity contribution in [3.8, 4) is 0 Å². The molecule has 0 saturated carbocycles. The van der Waals surface area contributed by atoms with Crippen LogP contribution in [-0.4, -0.2) is 29.1 Å². The first kappa shape index (κ1) is 11.5. The van der Waals surface area contributed by atoms with E-state index in [9.17, 15) is 4.79 Å². The van der Waals surface area contributed by atoms with Crippen molar-refractivity contribution in [3.63, 3.8) is 0 Å². The summed E-state index contributed by atoms with van der Waals surface area (Å²) in [5.41, 5.74) is 0. The van der Waals surface area contributed by atoms with Crippen LogP contribution in [0.2, 0.25) is 0 Å². The Morgan fingerprint density at radius 1 is 1.25 bits per heavy atom. The van der Waals surface area contributed by atoms with Gasteiger partial charge in [-0.1, -0.05) is 18.2 Å². The molecule has 2 rings (SSSR count). The smallest absolute Gasteiger partial charge is 0.235 e. The van der Waals surface area contributed by atoms with E-state index < -0.39 is 0 Å². The Labute approximate surface area is 101 Å². The molecule has 86 valence electrons. The van der Waals surface area contributed by atoms with Gasteiger partial charge in [-0.05, 0) is 31.9 Å². The van der Waals surface area contributed by atoms with Crippen LogP contribution in [0.25, 0.3) is 0 Å². The summed E-state index contributed by atoms with van der Waals surface area (Å²) in [4.78, 5) is 15.2. The Morgan fingerprint density at radius 2 is 1.88 bits per heavy atom. The van der Waals surface area contributed by atoms with Gasteiger partial charge in [-0.2, -0.15) is 0 Å². The quantitative estimate of drug-likeness (QED) is 0.751. The SMILES string of the molecule is C[C@H](Sc1ccccc1)C(=O)N1CCCC1. The maximum absolute atomic E-state index is 12.1. The van der Waals surface area contributed by atoms with Crippen LogP contribution in [-0.2, 0) is 4.79 Å². The third kappa shape index (κ3) is 2.79. The highest BCUT2D eigenvalue weighted by molar-refractivity contribution is 8.00. The minimum atomic E-state index is 0.0282. The van der Waals surface area contributed by atoms with E-state index in [2.05, 4.69) is 12.1 Å². The molecule has 1 aromatic carbocycles. The number of carbonyl (C=O) groups excluding carboxylic acids is 1. The molecule has 0 N–H and O–H groups in total. The van der Waals surface area contributed by atoms with Gasteiger partial charge in [0, 0.05) is 18.0 Å². The normalized spacial score (nSPS) is 17.4. The zero-order chi connectivity index (χ0) is 11.4. The van der Waals surface area contributed by atoms with Gasteiger partial charge >= 0.3 is 0 Å². The van der Waals surface area contributed by atoms with E-state index >= 15 is 0 Å². The third-order valence-corrected chi connectivity index (χ3v) is 3.92. The van der Waals surface area contributed by atoms with Gasteiger partial charge in [0.05, 0.1) is 5.25 Å². The second kappa shape index (κ2) is 5.39. The Hall–Kier alpha value is -0.960. The maximum Gasteiger partial charge on any atom is 0.235 e. The lowest BCUT2D eigenvalue weighted by atomic mass is 10.4. The van der Waals surface area contributed by atoms with Crippen LogP contribution in [0, 0.1) is 0 Å². The van der Waals surface area contributed by atoms with Gasteiger partial charge < -0.3 is 4.90 Å². The lowest BCUT2D eigenvalue weighted by Crippen LogP contribution is -2.33. The fraction of sp³-hybridized carbons (Fsp3) is 0.462. The van der Waals surface area contributed by atoms with Gasteiger partial charge in [-0.3, -0.25) is 4.79 Å². The molecule has 1 aliphatic rings. The number of hydrogen-bond donors (Lipinski definition) is 0. The molecule has 1 aliphatic heterocycles. The number of hydrogen-bond acceptors (Lipinski definition) is 2. The van der Waals surface area contributed by atoms with E-state index in [0.29, 0.717) is 0 Å². The molecule has 1 amide bonds. The molecule has 0 bridgehead atoms. The number of amides is 1. The van der Waals surface area contributed by atoms with Gasteiger partial charge in [0.2, 0.25) is 5.91 Å². The standard InChI is InChI=1S/C13H17NOS/c1-11(13(15)14-9-5-6-10-14)16-12-7-3-2-4-8-12/h2-4,7-8,11H,5-6,9-10H2,1H3/t11-/m0/s1. The van der Waals surface area contributed by atoms with Gasteiger partial charge in [0.25, 0.3) is 0 Å². The first-order valence-electron chi connectivity index (χ1n) is 5.78. The predicted molar refractivity (Wildman–Crippen MR) is 67.6 cm³/mol. The van der Waals surface area contributed by atoms with Gasteiger partial charge in [-0.15, -0.1) is 11.8 Å². The molecule has 1 fully saturated rings. The Balaban J connectivity index is 1.92. The highest BCUT2D eigenvalue weighted by Crippen LogP contribution is 2.25. The summed E-state index contributed by atoms with van der Waals surface area (Å²) in [7, 11) is 0. The molecular weight excluding hydrogens is 218 g/mol. The fourth-order valence-electron chi connectivity index (χ4n) is 1.95. The number of nitrogens with zero attached hydrogens (tertiary/aromatic N) is 1. The first-order valence-corrected chi connectivity index (χ1v) is 6.66. The molecule has 0 aromatic heterocycles. The number of likely N-dealkylation sites (tertiary alicyclic amines) is 1. The molecule has 1 aromatic rings. The number of carbonyl (C=O) groups is 1. The zero-order valence-electron chi connectivity index (χ0n) is 9.56. The summed E-state index contributed by atoms with van der Waals surface area (Å²) < 4.78 is 0. The summed E-state index contributed by atoms with van der Waals surface area (Å²) in [5, 5.41) is 0.0282. The number of benzene rings is 1. The van der Waals surface area contributed by atoms with Crippen LogP contribution in [0.4, 0.5) is 0 Å². The molecule has 2 nitrogen and oxygen atoms in total. The lowest BCUT2D eigenvalue weighted by Gasteiger charge is -2.19. The number of rotatable bonds is 3. The van der Waals surface area contributed by atoms with Gasteiger partial charge in [0.15, 0.2) is 0 Å². The van der Waals surface area contributed by atoms with Crippen molar-refractivity contribution in [1.29, 1.82) is 0 Å². The molecule has 0 spiro atoms. The van der Waals surface area contributed by atoms with Crippen LogP contribution in [0.3, 0.4) is 0 Å². The van der Waals surface area contributed by atoms with E-state index in [-0.39, 0.29) is 11.2 Å². The molecule has 0 unspecified atom stereocenters. The summed E-state index contributed by atoms with van der Waals surface area (Å²) in [5.74, 6) is 0.284.